The SMILES string of the molecule is Cc1c(C(=O)O)cc(Cl)cc1S(=O)(=O)NC(C)CO. The number of sulfonamides is 1. The van der Waals surface area contributed by atoms with Crippen LogP contribution in [0.2, 0.25) is 5.02 Å². The van der Waals surface area contributed by atoms with Crippen LogP contribution in [-0.4, -0.2) is 37.2 Å². The summed E-state index contributed by atoms with van der Waals surface area (Å²) in [5.74, 6) is -1.26. The van der Waals surface area contributed by atoms with E-state index in [-0.39, 0.29) is 27.7 Å². The Balaban J connectivity index is 3.39. The fourth-order valence-electron chi connectivity index (χ4n) is 1.52. The lowest BCUT2D eigenvalue weighted by molar-refractivity contribution is 0.0696. The highest BCUT2D eigenvalue weighted by Gasteiger charge is 2.23. The van der Waals surface area contributed by atoms with Gasteiger partial charge in [0.15, 0.2) is 0 Å². The van der Waals surface area contributed by atoms with Crippen molar-refractivity contribution in [1.82, 2.24) is 4.72 Å². The number of halogens is 1. The van der Waals surface area contributed by atoms with E-state index in [1.54, 1.807) is 0 Å². The lowest BCUT2D eigenvalue weighted by atomic mass is 10.1. The average molecular weight is 308 g/mol. The van der Waals surface area contributed by atoms with Crippen molar-refractivity contribution in [3.05, 3.63) is 28.3 Å². The number of rotatable bonds is 5. The molecule has 0 spiro atoms. The molecule has 0 saturated heterocycles. The number of hydrogen-bond donors (Lipinski definition) is 3. The maximum Gasteiger partial charge on any atom is 0.336 e. The van der Waals surface area contributed by atoms with E-state index in [9.17, 15) is 13.2 Å². The summed E-state index contributed by atoms with van der Waals surface area (Å²) in [7, 11) is -3.94. The van der Waals surface area contributed by atoms with Crippen molar-refractivity contribution in [3.63, 3.8) is 0 Å². The summed E-state index contributed by atoms with van der Waals surface area (Å²) in [6.07, 6.45) is 0. The van der Waals surface area contributed by atoms with Gasteiger partial charge < -0.3 is 10.2 Å². The fourth-order valence-corrected chi connectivity index (χ4v) is 3.33. The third-order valence-corrected chi connectivity index (χ3v) is 4.41. The molecule has 8 heteroatoms. The molecule has 3 N–H and O–H groups in total. The van der Waals surface area contributed by atoms with Crippen LogP contribution in [-0.2, 0) is 10.0 Å². The number of carbonyl (C=O) groups is 1. The number of aliphatic hydroxyl groups is 1. The Labute approximate surface area is 116 Å². The fraction of sp³-hybridized carbons (Fsp3) is 0.364. The van der Waals surface area contributed by atoms with Gasteiger partial charge in [-0.1, -0.05) is 11.6 Å². The maximum absolute atomic E-state index is 12.1. The molecule has 0 aliphatic rings. The van der Waals surface area contributed by atoms with Gasteiger partial charge in [-0.15, -0.1) is 0 Å². The van der Waals surface area contributed by atoms with E-state index in [2.05, 4.69) is 4.72 Å². The van der Waals surface area contributed by atoms with Gasteiger partial charge in [0.05, 0.1) is 17.1 Å². The first-order valence-electron chi connectivity index (χ1n) is 5.35. The standard InChI is InChI=1S/C11H14ClNO5S/c1-6(5-14)13-19(17,18)10-4-8(12)3-9(7(10)2)11(15)16/h3-4,6,13-14H,5H2,1-2H3,(H,15,16). The van der Waals surface area contributed by atoms with Crippen LogP contribution in [0.25, 0.3) is 0 Å². The van der Waals surface area contributed by atoms with Crippen molar-refractivity contribution in [3.8, 4) is 0 Å². The Kier molecular flexibility index (Phi) is 4.92. The predicted octanol–water partition coefficient (Wildman–Crippen LogP) is 1.01. The minimum atomic E-state index is -3.94. The predicted molar refractivity (Wildman–Crippen MR) is 70.0 cm³/mol. The van der Waals surface area contributed by atoms with Crippen molar-refractivity contribution < 1.29 is 23.4 Å². The summed E-state index contributed by atoms with van der Waals surface area (Å²) >= 11 is 5.74. The third kappa shape index (κ3) is 3.66. The minimum absolute atomic E-state index is 0.0139. The number of carboxylic acids is 1. The molecule has 19 heavy (non-hydrogen) atoms. The molecule has 6 nitrogen and oxygen atoms in total. The number of benzene rings is 1. The van der Waals surface area contributed by atoms with Gasteiger partial charge in [0.25, 0.3) is 0 Å². The van der Waals surface area contributed by atoms with Gasteiger partial charge in [0.2, 0.25) is 10.0 Å². The summed E-state index contributed by atoms with van der Waals surface area (Å²) in [6.45, 7) is 2.50. The Hall–Kier alpha value is -1.15. The second-order valence-corrected chi connectivity index (χ2v) is 6.21. The van der Waals surface area contributed by atoms with Crippen molar-refractivity contribution in [2.75, 3.05) is 6.61 Å². The van der Waals surface area contributed by atoms with Crippen LogP contribution >= 0.6 is 11.6 Å². The Bertz CT molecular complexity index is 599. The molecule has 0 aliphatic heterocycles. The first kappa shape index (κ1) is 15.9. The van der Waals surface area contributed by atoms with Crippen molar-refractivity contribution in [2.45, 2.75) is 24.8 Å². The molecule has 1 aromatic rings. The van der Waals surface area contributed by atoms with E-state index in [4.69, 9.17) is 21.8 Å². The minimum Gasteiger partial charge on any atom is -0.478 e. The first-order chi connectivity index (χ1) is 8.69. The molecule has 0 saturated carbocycles. The summed E-state index contributed by atoms with van der Waals surface area (Å²) in [5.41, 5.74) is -0.0842. The summed E-state index contributed by atoms with van der Waals surface area (Å²) in [4.78, 5) is 10.8. The maximum atomic E-state index is 12.1. The van der Waals surface area contributed by atoms with E-state index in [0.29, 0.717) is 0 Å². The zero-order chi connectivity index (χ0) is 14.8. The Morgan fingerprint density at radius 2 is 2.05 bits per heavy atom. The molecule has 0 aliphatic carbocycles. The van der Waals surface area contributed by atoms with Crippen LogP contribution in [0, 0.1) is 6.92 Å². The molecular formula is C11H14ClNO5S. The molecule has 106 valence electrons. The summed E-state index contributed by atoms with van der Waals surface area (Å²) in [6, 6.07) is 1.68. The second kappa shape index (κ2) is 5.87. The first-order valence-corrected chi connectivity index (χ1v) is 7.21. The Morgan fingerprint density at radius 1 is 1.47 bits per heavy atom. The summed E-state index contributed by atoms with van der Waals surface area (Å²) in [5, 5.41) is 17.9. The smallest absolute Gasteiger partial charge is 0.336 e. The molecule has 0 bridgehead atoms. The van der Waals surface area contributed by atoms with Gasteiger partial charge >= 0.3 is 5.97 Å². The molecule has 0 radical (unpaired) electrons. The van der Waals surface area contributed by atoms with Crippen molar-refractivity contribution in [2.24, 2.45) is 0 Å². The van der Waals surface area contributed by atoms with Crippen molar-refractivity contribution >= 4 is 27.6 Å². The topological polar surface area (TPSA) is 104 Å². The molecule has 1 atom stereocenters. The number of aliphatic hydroxyl groups excluding tert-OH is 1. The largest absolute Gasteiger partial charge is 0.478 e. The molecule has 0 aromatic heterocycles. The molecule has 0 amide bonds. The van der Waals surface area contributed by atoms with E-state index >= 15 is 0 Å². The van der Waals surface area contributed by atoms with E-state index in [0.717, 1.165) is 0 Å². The zero-order valence-electron chi connectivity index (χ0n) is 10.3. The lowest BCUT2D eigenvalue weighted by Gasteiger charge is -2.14. The highest BCUT2D eigenvalue weighted by Crippen LogP contribution is 2.24. The highest BCUT2D eigenvalue weighted by atomic mass is 35.5. The van der Waals surface area contributed by atoms with Crippen LogP contribution in [0.15, 0.2) is 17.0 Å². The Morgan fingerprint density at radius 3 is 2.53 bits per heavy atom. The quantitative estimate of drug-likeness (QED) is 0.753. The van der Waals surface area contributed by atoms with Gasteiger partial charge in [-0.2, -0.15) is 0 Å². The van der Waals surface area contributed by atoms with Gasteiger partial charge in [-0.25, -0.2) is 17.9 Å². The molecule has 0 heterocycles. The van der Waals surface area contributed by atoms with Crippen LogP contribution in [0.4, 0.5) is 0 Å². The van der Waals surface area contributed by atoms with E-state index in [1.165, 1.54) is 26.0 Å². The van der Waals surface area contributed by atoms with E-state index < -0.39 is 22.0 Å². The number of hydrogen-bond acceptors (Lipinski definition) is 4. The van der Waals surface area contributed by atoms with E-state index in [1.807, 2.05) is 0 Å². The van der Waals surface area contributed by atoms with Gasteiger partial charge in [-0.3, -0.25) is 0 Å². The monoisotopic (exact) mass is 307 g/mol. The third-order valence-electron chi connectivity index (χ3n) is 2.47. The molecule has 1 aromatic carbocycles. The number of nitrogens with one attached hydrogen (secondary N) is 1. The van der Waals surface area contributed by atoms with Gasteiger partial charge in [-0.05, 0) is 31.5 Å². The summed E-state index contributed by atoms with van der Waals surface area (Å²) < 4.78 is 26.4. The molecular weight excluding hydrogens is 294 g/mol. The lowest BCUT2D eigenvalue weighted by Crippen LogP contribution is -2.35. The van der Waals surface area contributed by atoms with Crippen molar-refractivity contribution in [1.29, 1.82) is 0 Å². The number of aromatic carboxylic acids is 1. The van der Waals surface area contributed by atoms with Crippen LogP contribution in [0.3, 0.4) is 0 Å². The average Bonchev–Trinajstić information content (AvgIpc) is 2.30. The van der Waals surface area contributed by atoms with Crippen LogP contribution < -0.4 is 4.72 Å². The normalized spacial score (nSPS) is 13.3. The number of carboxylic acid groups (broad SMARTS) is 1. The molecule has 1 rings (SSSR count). The van der Waals surface area contributed by atoms with Gasteiger partial charge in [0, 0.05) is 11.1 Å². The zero-order valence-corrected chi connectivity index (χ0v) is 11.9. The molecule has 1 unspecified atom stereocenters. The van der Waals surface area contributed by atoms with Crippen LogP contribution in [0.5, 0.6) is 0 Å². The highest BCUT2D eigenvalue weighted by molar-refractivity contribution is 7.89. The van der Waals surface area contributed by atoms with Gasteiger partial charge in [0.1, 0.15) is 0 Å². The second-order valence-electron chi connectivity index (χ2n) is 4.09. The van der Waals surface area contributed by atoms with Crippen LogP contribution in [0.1, 0.15) is 22.8 Å². The molecule has 0 fully saturated rings.